The van der Waals surface area contributed by atoms with E-state index in [4.69, 9.17) is 9.47 Å². The Hall–Kier alpha value is -3.11. The van der Waals surface area contributed by atoms with Gasteiger partial charge in [-0.3, -0.25) is 9.59 Å². The molecule has 31 heavy (non-hydrogen) atoms. The number of fused-ring (bicyclic) bond motifs is 1. The van der Waals surface area contributed by atoms with Crippen molar-refractivity contribution < 1.29 is 23.5 Å². The Morgan fingerprint density at radius 3 is 2.48 bits per heavy atom. The molecule has 2 N–H and O–H groups in total. The molecule has 3 aromatic rings. The average molecular weight is 447 g/mol. The number of aryl methyl sites for hydroxylation is 1. The van der Waals surface area contributed by atoms with Gasteiger partial charge in [0.25, 0.3) is 5.91 Å². The molecule has 0 aliphatic rings. The van der Waals surface area contributed by atoms with Crippen molar-refractivity contribution in [3.63, 3.8) is 0 Å². The van der Waals surface area contributed by atoms with Crippen LogP contribution in [0.4, 0.5) is 4.39 Å². The Morgan fingerprint density at radius 1 is 1.10 bits per heavy atom. The van der Waals surface area contributed by atoms with Crippen LogP contribution in [0.15, 0.2) is 24.3 Å². The SMILES string of the molecule is COCc1nc(OC)c2c(C)c(C(=O)NCCNC(=O)Cc3ccc(F)cc3)sc2n1. The number of aromatic nitrogens is 2. The zero-order chi connectivity index (χ0) is 22.4. The van der Waals surface area contributed by atoms with Crippen LogP contribution in [0.3, 0.4) is 0 Å². The summed E-state index contributed by atoms with van der Waals surface area (Å²) in [6.45, 7) is 2.60. The molecular weight excluding hydrogens is 423 g/mol. The van der Waals surface area contributed by atoms with Gasteiger partial charge in [0.15, 0.2) is 5.82 Å². The summed E-state index contributed by atoms with van der Waals surface area (Å²) in [4.78, 5) is 34.6. The number of halogens is 1. The van der Waals surface area contributed by atoms with Crippen molar-refractivity contribution in [1.82, 2.24) is 20.6 Å². The number of thiophene rings is 1. The molecule has 10 heteroatoms. The maximum atomic E-state index is 12.9. The van der Waals surface area contributed by atoms with Crippen molar-refractivity contribution in [2.24, 2.45) is 0 Å². The number of carbonyl (C=O) groups excluding carboxylic acids is 2. The Balaban J connectivity index is 1.58. The van der Waals surface area contributed by atoms with Crippen molar-refractivity contribution in [2.45, 2.75) is 20.0 Å². The molecule has 8 nitrogen and oxygen atoms in total. The van der Waals surface area contributed by atoms with E-state index in [1.165, 1.54) is 30.6 Å². The summed E-state index contributed by atoms with van der Waals surface area (Å²) in [5.74, 6) is 0.0666. The van der Waals surface area contributed by atoms with Crippen LogP contribution in [-0.4, -0.2) is 49.1 Å². The van der Waals surface area contributed by atoms with Gasteiger partial charge >= 0.3 is 0 Å². The molecule has 0 bridgehead atoms. The number of ether oxygens (including phenoxy) is 2. The minimum atomic E-state index is -0.345. The third-order valence-electron chi connectivity index (χ3n) is 4.49. The molecule has 0 spiro atoms. The van der Waals surface area contributed by atoms with Crippen LogP contribution >= 0.6 is 11.3 Å². The smallest absolute Gasteiger partial charge is 0.261 e. The normalized spacial score (nSPS) is 10.8. The van der Waals surface area contributed by atoms with Crippen molar-refractivity contribution in [3.05, 3.63) is 51.9 Å². The van der Waals surface area contributed by atoms with Crippen LogP contribution in [0.25, 0.3) is 10.2 Å². The highest BCUT2D eigenvalue weighted by Gasteiger charge is 2.21. The van der Waals surface area contributed by atoms with E-state index in [1.54, 1.807) is 19.2 Å². The molecule has 3 rings (SSSR count). The fourth-order valence-electron chi connectivity index (χ4n) is 3.01. The number of benzene rings is 1. The number of hydrogen-bond donors (Lipinski definition) is 2. The van der Waals surface area contributed by atoms with Gasteiger partial charge in [-0.1, -0.05) is 12.1 Å². The first-order chi connectivity index (χ1) is 14.9. The van der Waals surface area contributed by atoms with Crippen molar-refractivity contribution in [2.75, 3.05) is 27.3 Å². The second-order valence-corrected chi connectivity index (χ2v) is 7.73. The summed E-state index contributed by atoms with van der Waals surface area (Å²) in [5, 5.41) is 6.23. The number of nitrogens with zero attached hydrogens (tertiary/aromatic N) is 2. The van der Waals surface area contributed by atoms with Crippen LogP contribution in [0.1, 0.15) is 26.6 Å². The summed E-state index contributed by atoms with van der Waals surface area (Å²) in [6.07, 6.45) is 0.145. The largest absolute Gasteiger partial charge is 0.480 e. The van der Waals surface area contributed by atoms with E-state index in [-0.39, 0.29) is 43.7 Å². The summed E-state index contributed by atoms with van der Waals surface area (Å²) in [6, 6.07) is 5.76. The molecule has 0 aliphatic carbocycles. The lowest BCUT2D eigenvalue weighted by Crippen LogP contribution is -2.35. The highest BCUT2D eigenvalue weighted by atomic mass is 32.1. The molecular formula is C21H23FN4O4S. The van der Waals surface area contributed by atoms with Crippen molar-refractivity contribution in [1.29, 1.82) is 0 Å². The zero-order valence-corrected chi connectivity index (χ0v) is 18.3. The monoisotopic (exact) mass is 446 g/mol. The third-order valence-corrected chi connectivity index (χ3v) is 5.67. The van der Waals surface area contributed by atoms with Gasteiger partial charge in [0.1, 0.15) is 17.3 Å². The fraction of sp³-hybridized carbons (Fsp3) is 0.333. The second-order valence-electron chi connectivity index (χ2n) is 6.73. The van der Waals surface area contributed by atoms with E-state index < -0.39 is 0 Å². The Labute approximate surface area is 182 Å². The minimum Gasteiger partial charge on any atom is -0.480 e. The van der Waals surface area contributed by atoms with Crippen molar-refractivity contribution in [3.8, 4) is 5.88 Å². The molecule has 2 heterocycles. The molecule has 0 unspecified atom stereocenters. The molecule has 0 radical (unpaired) electrons. The standard InChI is InChI=1S/C21H23FN4O4S/c1-12-17-20(30-3)25-15(11-29-2)26-21(17)31-18(12)19(28)24-9-8-23-16(27)10-13-4-6-14(22)7-5-13/h4-7H,8-11H2,1-3H3,(H,23,27)(H,24,28). The van der Waals surface area contributed by atoms with E-state index in [0.717, 1.165) is 5.56 Å². The number of nitrogens with one attached hydrogen (secondary N) is 2. The number of hydrogen-bond acceptors (Lipinski definition) is 7. The topological polar surface area (TPSA) is 102 Å². The van der Waals surface area contributed by atoms with Gasteiger partial charge in [-0.25, -0.2) is 9.37 Å². The Morgan fingerprint density at radius 2 is 1.81 bits per heavy atom. The predicted molar refractivity (Wildman–Crippen MR) is 115 cm³/mol. The summed E-state index contributed by atoms with van der Waals surface area (Å²) >= 11 is 1.25. The van der Waals surface area contributed by atoms with E-state index in [2.05, 4.69) is 20.6 Å². The van der Waals surface area contributed by atoms with E-state index >= 15 is 0 Å². The van der Waals surface area contributed by atoms with Gasteiger partial charge in [0.2, 0.25) is 11.8 Å². The summed E-state index contributed by atoms with van der Waals surface area (Å²) < 4.78 is 23.4. The first kappa shape index (κ1) is 22.6. The lowest BCUT2D eigenvalue weighted by atomic mass is 10.1. The molecule has 0 saturated carbocycles. The second kappa shape index (κ2) is 10.3. The van der Waals surface area contributed by atoms with E-state index in [0.29, 0.717) is 32.4 Å². The molecule has 164 valence electrons. The molecule has 2 aromatic heterocycles. The molecule has 0 aliphatic heterocycles. The quantitative estimate of drug-likeness (QED) is 0.490. The Bertz CT molecular complexity index is 1090. The lowest BCUT2D eigenvalue weighted by Gasteiger charge is -2.07. The number of methoxy groups -OCH3 is 2. The molecule has 0 fully saturated rings. The highest BCUT2D eigenvalue weighted by Crippen LogP contribution is 2.34. The molecule has 2 amide bonds. The summed E-state index contributed by atoms with van der Waals surface area (Å²) in [5.41, 5.74) is 1.45. The molecule has 1 aromatic carbocycles. The number of carbonyl (C=O) groups is 2. The van der Waals surface area contributed by atoms with Crippen LogP contribution in [0.2, 0.25) is 0 Å². The van der Waals surface area contributed by atoms with Gasteiger partial charge in [0.05, 0.1) is 23.8 Å². The van der Waals surface area contributed by atoms with Gasteiger partial charge in [0, 0.05) is 20.2 Å². The first-order valence-electron chi connectivity index (χ1n) is 9.55. The third kappa shape index (κ3) is 5.53. The van der Waals surface area contributed by atoms with E-state index in [1.807, 2.05) is 6.92 Å². The van der Waals surface area contributed by atoms with Gasteiger partial charge in [-0.15, -0.1) is 11.3 Å². The van der Waals surface area contributed by atoms with Gasteiger partial charge < -0.3 is 20.1 Å². The maximum absolute atomic E-state index is 12.9. The van der Waals surface area contributed by atoms with Crippen LogP contribution in [0, 0.1) is 12.7 Å². The minimum absolute atomic E-state index is 0.145. The molecule has 0 saturated heterocycles. The fourth-order valence-corrected chi connectivity index (χ4v) is 4.12. The summed E-state index contributed by atoms with van der Waals surface area (Å²) in [7, 11) is 3.07. The lowest BCUT2D eigenvalue weighted by molar-refractivity contribution is -0.120. The van der Waals surface area contributed by atoms with Crippen molar-refractivity contribution >= 4 is 33.4 Å². The Kier molecular flexibility index (Phi) is 7.48. The van der Waals surface area contributed by atoms with E-state index in [9.17, 15) is 14.0 Å². The van der Waals surface area contributed by atoms with Crippen LogP contribution in [-0.2, 0) is 22.6 Å². The predicted octanol–water partition coefficient (Wildman–Crippen LogP) is 2.38. The first-order valence-corrected chi connectivity index (χ1v) is 10.4. The number of amides is 2. The van der Waals surface area contributed by atoms with Gasteiger partial charge in [-0.2, -0.15) is 4.98 Å². The van der Waals surface area contributed by atoms with Gasteiger partial charge in [-0.05, 0) is 30.2 Å². The van der Waals surface area contributed by atoms with Crippen LogP contribution < -0.4 is 15.4 Å². The maximum Gasteiger partial charge on any atom is 0.261 e. The number of rotatable bonds is 9. The average Bonchev–Trinajstić information content (AvgIpc) is 3.09. The zero-order valence-electron chi connectivity index (χ0n) is 17.5. The molecule has 0 atom stereocenters. The highest BCUT2D eigenvalue weighted by molar-refractivity contribution is 7.20. The van der Waals surface area contributed by atoms with Crippen LogP contribution in [0.5, 0.6) is 5.88 Å².